The van der Waals surface area contributed by atoms with Gasteiger partial charge in [0.05, 0.1) is 5.92 Å². The molecule has 1 fully saturated rings. The average molecular weight is 467 g/mol. The molecule has 2 aromatic rings. The van der Waals surface area contributed by atoms with E-state index in [1.807, 2.05) is 31.2 Å². The van der Waals surface area contributed by atoms with Crippen molar-refractivity contribution in [2.24, 2.45) is 5.92 Å². The van der Waals surface area contributed by atoms with E-state index in [-0.39, 0.29) is 30.5 Å². The van der Waals surface area contributed by atoms with Gasteiger partial charge in [-0.2, -0.15) is 8.78 Å². The largest absolute Gasteiger partial charge is 0.434 e. The van der Waals surface area contributed by atoms with E-state index in [1.54, 1.807) is 17.0 Å². The monoisotopic (exact) mass is 466 g/mol. The van der Waals surface area contributed by atoms with Crippen LogP contribution in [0.3, 0.4) is 0 Å². The molecule has 8 heteroatoms. The fourth-order valence-corrected chi connectivity index (χ4v) is 3.65. The van der Waals surface area contributed by atoms with Crippen molar-refractivity contribution in [1.82, 2.24) is 10.2 Å². The molecule has 1 aliphatic heterocycles. The van der Waals surface area contributed by atoms with Crippen molar-refractivity contribution in [2.45, 2.75) is 33.0 Å². The highest BCUT2D eigenvalue weighted by atomic mass is 79.9. The molecule has 1 heterocycles. The zero-order chi connectivity index (χ0) is 21.0. The summed E-state index contributed by atoms with van der Waals surface area (Å²) < 4.78 is 30.3. The van der Waals surface area contributed by atoms with Gasteiger partial charge in [0.15, 0.2) is 0 Å². The summed E-state index contributed by atoms with van der Waals surface area (Å²) in [6.07, 6.45) is 0.135. The van der Waals surface area contributed by atoms with E-state index in [4.69, 9.17) is 0 Å². The summed E-state index contributed by atoms with van der Waals surface area (Å²) in [6, 6.07) is 12.5. The lowest BCUT2D eigenvalue weighted by Crippen LogP contribution is -2.32. The molecule has 0 bridgehead atoms. The van der Waals surface area contributed by atoms with Gasteiger partial charge >= 0.3 is 6.61 Å². The molecule has 1 aliphatic rings. The summed E-state index contributed by atoms with van der Waals surface area (Å²) >= 11 is 3.28. The van der Waals surface area contributed by atoms with Crippen LogP contribution in [0.5, 0.6) is 5.75 Å². The second kappa shape index (κ2) is 9.35. The van der Waals surface area contributed by atoms with Gasteiger partial charge < -0.3 is 15.0 Å². The Bertz CT molecular complexity index is 890. The lowest BCUT2D eigenvalue weighted by Gasteiger charge is -2.17. The van der Waals surface area contributed by atoms with Crippen LogP contribution < -0.4 is 10.1 Å². The molecular formula is C21H21BrF2N2O3. The second-order valence-electron chi connectivity index (χ2n) is 7.01. The van der Waals surface area contributed by atoms with Crippen LogP contribution in [0.2, 0.25) is 0 Å². The van der Waals surface area contributed by atoms with Crippen LogP contribution in [0.25, 0.3) is 0 Å². The third-order valence-corrected chi connectivity index (χ3v) is 5.26. The van der Waals surface area contributed by atoms with Gasteiger partial charge in [-0.1, -0.05) is 45.8 Å². The summed E-state index contributed by atoms with van der Waals surface area (Å²) in [4.78, 5) is 26.5. The van der Waals surface area contributed by atoms with Crippen molar-refractivity contribution in [2.75, 3.05) is 6.54 Å². The predicted octanol–water partition coefficient (Wildman–Crippen LogP) is 4.02. The van der Waals surface area contributed by atoms with Crippen LogP contribution in [-0.4, -0.2) is 29.9 Å². The Balaban J connectivity index is 1.58. The molecule has 1 unspecified atom stereocenters. The van der Waals surface area contributed by atoms with E-state index >= 15 is 0 Å². The maximum atomic E-state index is 12.6. The number of alkyl halides is 2. The molecule has 0 aliphatic carbocycles. The zero-order valence-corrected chi connectivity index (χ0v) is 17.4. The number of hydrogen-bond acceptors (Lipinski definition) is 3. The van der Waals surface area contributed by atoms with Crippen molar-refractivity contribution in [3.05, 3.63) is 63.6 Å². The number of rotatable bonds is 7. The van der Waals surface area contributed by atoms with Gasteiger partial charge in [0, 0.05) is 36.1 Å². The standard InChI is InChI=1S/C21H21BrF2N2O3/c1-13-2-4-14(5-3-13)11-26-12-16(9-19(26)27)20(28)25-10-15-8-17(22)6-7-18(15)29-21(23)24/h2-8,16,21H,9-12H2,1H3,(H,25,28). The molecular weight excluding hydrogens is 446 g/mol. The minimum atomic E-state index is -2.95. The maximum Gasteiger partial charge on any atom is 0.387 e. The summed E-state index contributed by atoms with van der Waals surface area (Å²) in [5.41, 5.74) is 2.57. The van der Waals surface area contributed by atoms with E-state index in [0.29, 0.717) is 23.1 Å². The number of benzene rings is 2. The topological polar surface area (TPSA) is 58.6 Å². The Hall–Kier alpha value is -2.48. The number of hydrogen-bond donors (Lipinski definition) is 1. The fourth-order valence-electron chi connectivity index (χ4n) is 3.24. The summed E-state index contributed by atoms with van der Waals surface area (Å²) in [5.74, 6) is -0.825. The molecule has 3 rings (SSSR count). The molecule has 0 saturated carbocycles. The Morgan fingerprint density at radius 3 is 2.69 bits per heavy atom. The third-order valence-electron chi connectivity index (χ3n) is 4.77. The van der Waals surface area contributed by atoms with E-state index in [9.17, 15) is 18.4 Å². The van der Waals surface area contributed by atoms with E-state index in [0.717, 1.165) is 11.1 Å². The van der Waals surface area contributed by atoms with Crippen LogP contribution >= 0.6 is 15.9 Å². The van der Waals surface area contributed by atoms with Gasteiger partial charge in [-0.25, -0.2) is 0 Å². The minimum absolute atomic E-state index is 0.00648. The highest BCUT2D eigenvalue weighted by Gasteiger charge is 2.34. The predicted molar refractivity (Wildman–Crippen MR) is 107 cm³/mol. The summed E-state index contributed by atoms with van der Waals surface area (Å²) in [5, 5.41) is 2.73. The number of likely N-dealkylation sites (tertiary alicyclic amines) is 1. The first kappa shape index (κ1) is 21.2. The molecule has 1 atom stereocenters. The lowest BCUT2D eigenvalue weighted by atomic mass is 10.1. The van der Waals surface area contributed by atoms with Crippen LogP contribution in [-0.2, 0) is 22.7 Å². The van der Waals surface area contributed by atoms with E-state index in [2.05, 4.69) is 26.0 Å². The number of carbonyl (C=O) groups excluding carboxylic acids is 2. The van der Waals surface area contributed by atoms with Crippen molar-refractivity contribution in [1.29, 1.82) is 0 Å². The fraction of sp³-hybridized carbons (Fsp3) is 0.333. The highest BCUT2D eigenvalue weighted by Crippen LogP contribution is 2.25. The summed E-state index contributed by atoms with van der Waals surface area (Å²) in [7, 11) is 0. The van der Waals surface area contributed by atoms with Gasteiger partial charge in [-0.15, -0.1) is 0 Å². The van der Waals surface area contributed by atoms with Gasteiger partial charge in [0.25, 0.3) is 0 Å². The first-order valence-electron chi connectivity index (χ1n) is 9.16. The minimum Gasteiger partial charge on any atom is -0.434 e. The number of nitrogens with one attached hydrogen (secondary N) is 1. The van der Waals surface area contributed by atoms with Crippen LogP contribution in [0, 0.1) is 12.8 Å². The van der Waals surface area contributed by atoms with Crippen molar-refractivity contribution in [3.8, 4) is 5.75 Å². The Morgan fingerprint density at radius 1 is 1.28 bits per heavy atom. The summed E-state index contributed by atoms with van der Waals surface area (Å²) in [6.45, 7) is -0.136. The van der Waals surface area contributed by atoms with Gasteiger partial charge in [0.2, 0.25) is 11.8 Å². The number of nitrogens with zero attached hydrogens (tertiary/aromatic N) is 1. The number of ether oxygens (including phenoxy) is 1. The van der Waals surface area contributed by atoms with Gasteiger partial charge in [-0.3, -0.25) is 9.59 Å². The molecule has 0 aromatic heterocycles. The van der Waals surface area contributed by atoms with Crippen molar-refractivity contribution in [3.63, 3.8) is 0 Å². The molecule has 2 aromatic carbocycles. The average Bonchev–Trinajstić information content (AvgIpc) is 3.03. The molecule has 1 saturated heterocycles. The van der Waals surface area contributed by atoms with E-state index in [1.165, 1.54) is 6.07 Å². The SMILES string of the molecule is Cc1ccc(CN2CC(C(=O)NCc3cc(Br)ccc3OC(F)F)CC2=O)cc1. The second-order valence-corrected chi connectivity index (χ2v) is 7.92. The normalized spacial score (nSPS) is 16.4. The molecule has 29 heavy (non-hydrogen) atoms. The van der Waals surface area contributed by atoms with Crippen molar-refractivity contribution >= 4 is 27.7 Å². The molecule has 0 spiro atoms. The zero-order valence-electron chi connectivity index (χ0n) is 15.8. The van der Waals surface area contributed by atoms with Gasteiger partial charge in [-0.05, 0) is 30.7 Å². The van der Waals surface area contributed by atoms with Crippen LogP contribution in [0.1, 0.15) is 23.1 Å². The molecule has 1 N–H and O–H groups in total. The van der Waals surface area contributed by atoms with Gasteiger partial charge in [0.1, 0.15) is 5.75 Å². The number of amides is 2. The Labute approximate surface area is 176 Å². The highest BCUT2D eigenvalue weighted by molar-refractivity contribution is 9.10. The third kappa shape index (κ3) is 5.76. The smallest absolute Gasteiger partial charge is 0.387 e. The molecule has 0 radical (unpaired) electrons. The number of carbonyl (C=O) groups is 2. The van der Waals surface area contributed by atoms with Crippen LogP contribution in [0.15, 0.2) is 46.9 Å². The first-order valence-corrected chi connectivity index (χ1v) is 9.95. The van der Waals surface area contributed by atoms with E-state index < -0.39 is 12.5 Å². The van der Waals surface area contributed by atoms with Crippen molar-refractivity contribution < 1.29 is 23.1 Å². The Kier molecular flexibility index (Phi) is 6.84. The first-order chi connectivity index (χ1) is 13.8. The molecule has 154 valence electrons. The quantitative estimate of drug-likeness (QED) is 0.670. The lowest BCUT2D eigenvalue weighted by molar-refractivity contribution is -0.129. The number of halogens is 3. The van der Waals surface area contributed by atoms with Crippen LogP contribution in [0.4, 0.5) is 8.78 Å². The maximum absolute atomic E-state index is 12.6. The molecule has 5 nitrogen and oxygen atoms in total. The Morgan fingerprint density at radius 2 is 2.00 bits per heavy atom. The number of aryl methyl sites for hydroxylation is 1. The molecule has 2 amide bonds.